The molecule has 0 aliphatic carbocycles. The van der Waals surface area contributed by atoms with E-state index in [-0.39, 0.29) is 0 Å². The van der Waals surface area contributed by atoms with Gasteiger partial charge >= 0.3 is 0 Å². The first-order chi connectivity index (χ1) is 18.8. The summed E-state index contributed by atoms with van der Waals surface area (Å²) < 4.78 is 0. The van der Waals surface area contributed by atoms with Gasteiger partial charge in [0.05, 0.1) is 0 Å². The van der Waals surface area contributed by atoms with Crippen molar-refractivity contribution < 1.29 is 0 Å². The molecule has 0 atom stereocenters. The van der Waals surface area contributed by atoms with Crippen LogP contribution in [0, 0.1) is 0 Å². The lowest BCUT2D eigenvalue weighted by atomic mass is 9.91. The Morgan fingerprint density at radius 2 is 0.737 bits per heavy atom. The Kier molecular flexibility index (Phi) is 4.62. The number of rotatable bonds is 2. The van der Waals surface area contributed by atoms with Crippen LogP contribution in [0.2, 0.25) is 0 Å². The van der Waals surface area contributed by atoms with E-state index in [1.54, 1.807) is 0 Å². The molecule has 0 nitrogen and oxygen atoms in total. The number of benzene rings is 8. The molecule has 0 heterocycles. The molecule has 0 N–H and O–H groups in total. The van der Waals surface area contributed by atoms with E-state index in [2.05, 4.69) is 146 Å². The van der Waals surface area contributed by atoms with Gasteiger partial charge in [0.2, 0.25) is 0 Å². The van der Waals surface area contributed by atoms with E-state index in [1.807, 2.05) is 0 Å². The summed E-state index contributed by atoms with van der Waals surface area (Å²) in [5.74, 6) is 0. The highest BCUT2D eigenvalue weighted by atomic mass is 14.1. The predicted octanol–water partition coefficient (Wildman–Crippen LogP) is 10.8. The van der Waals surface area contributed by atoms with E-state index in [0.29, 0.717) is 0 Å². The molecule has 38 heavy (non-hydrogen) atoms. The first kappa shape index (κ1) is 21.2. The minimum absolute atomic E-state index is 1.25. The van der Waals surface area contributed by atoms with Crippen LogP contribution >= 0.6 is 0 Å². The van der Waals surface area contributed by atoms with Gasteiger partial charge in [-0.2, -0.15) is 0 Å². The van der Waals surface area contributed by atoms with Gasteiger partial charge in [-0.25, -0.2) is 0 Å². The highest BCUT2D eigenvalue weighted by Gasteiger charge is 2.11. The van der Waals surface area contributed by atoms with Crippen molar-refractivity contribution in [3.63, 3.8) is 0 Å². The zero-order valence-electron chi connectivity index (χ0n) is 20.9. The average molecular weight is 481 g/mol. The quantitative estimate of drug-likeness (QED) is 0.170. The molecule has 8 rings (SSSR count). The summed E-state index contributed by atoms with van der Waals surface area (Å²) in [4.78, 5) is 0. The normalized spacial score (nSPS) is 11.7. The fourth-order valence-electron chi connectivity index (χ4n) is 6.08. The van der Waals surface area contributed by atoms with Gasteiger partial charge in [-0.15, -0.1) is 0 Å². The summed E-state index contributed by atoms with van der Waals surface area (Å²) in [6.45, 7) is 0. The van der Waals surface area contributed by atoms with Crippen LogP contribution in [0.1, 0.15) is 0 Å². The molecule has 0 aliphatic heterocycles. The minimum atomic E-state index is 1.25. The first-order valence-electron chi connectivity index (χ1n) is 13.2. The largest absolute Gasteiger partial charge is 0.0616 e. The lowest BCUT2D eigenvalue weighted by Crippen LogP contribution is -1.86. The van der Waals surface area contributed by atoms with Gasteiger partial charge in [-0.3, -0.25) is 0 Å². The van der Waals surface area contributed by atoms with Crippen LogP contribution < -0.4 is 0 Å². The van der Waals surface area contributed by atoms with Gasteiger partial charge in [0.25, 0.3) is 0 Å². The van der Waals surface area contributed by atoms with Crippen molar-refractivity contribution in [2.24, 2.45) is 0 Å². The van der Waals surface area contributed by atoms with Crippen LogP contribution in [-0.2, 0) is 0 Å². The summed E-state index contributed by atoms with van der Waals surface area (Å²) in [6, 6.07) is 53.5. The fourth-order valence-corrected chi connectivity index (χ4v) is 6.08. The van der Waals surface area contributed by atoms with Gasteiger partial charge in [0.15, 0.2) is 0 Å². The summed E-state index contributed by atoms with van der Waals surface area (Å²) in [7, 11) is 0. The molecule has 0 radical (unpaired) electrons. The van der Waals surface area contributed by atoms with Crippen LogP contribution in [0.4, 0.5) is 0 Å². The number of hydrogen-bond donors (Lipinski definition) is 0. The molecule has 0 spiro atoms. The molecule has 176 valence electrons. The smallest absolute Gasteiger partial charge is 0.00990 e. The van der Waals surface area contributed by atoms with Gasteiger partial charge in [-0.05, 0) is 100 Å². The molecule has 0 saturated carbocycles. The van der Waals surface area contributed by atoms with Gasteiger partial charge in [0, 0.05) is 0 Å². The van der Waals surface area contributed by atoms with Crippen LogP contribution in [0.15, 0.2) is 146 Å². The van der Waals surface area contributed by atoms with Crippen LogP contribution in [0.3, 0.4) is 0 Å². The van der Waals surface area contributed by atoms with Gasteiger partial charge in [0.1, 0.15) is 0 Å². The third-order valence-electron chi connectivity index (χ3n) is 8.00. The van der Waals surface area contributed by atoms with Crippen molar-refractivity contribution in [2.75, 3.05) is 0 Å². The van der Waals surface area contributed by atoms with Crippen molar-refractivity contribution >= 4 is 53.9 Å². The molecular weight excluding hydrogens is 456 g/mol. The first-order valence-corrected chi connectivity index (χ1v) is 13.2. The molecule has 0 amide bonds. The Hall–Kier alpha value is -4.94. The molecule has 0 fully saturated rings. The Bertz CT molecular complexity index is 2180. The molecule has 0 aliphatic rings. The van der Waals surface area contributed by atoms with E-state index in [0.717, 1.165) is 0 Å². The maximum atomic E-state index is 2.37. The van der Waals surface area contributed by atoms with E-state index in [1.165, 1.54) is 76.1 Å². The molecule has 8 aromatic rings. The van der Waals surface area contributed by atoms with Crippen molar-refractivity contribution in [3.05, 3.63) is 146 Å². The third kappa shape index (κ3) is 3.31. The molecule has 0 saturated heterocycles. The highest BCUT2D eigenvalue weighted by Crippen LogP contribution is 2.38. The Morgan fingerprint density at radius 1 is 0.237 bits per heavy atom. The molecular formula is C38H24. The van der Waals surface area contributed by atoms with E-state index in [9.17, 15) is 0 Å². The molecule has 8 aromatic carbocycles. The van der Waals surface area contributed by atoms with Crippen molar-refractivity contribution in [2.45, 2.75) is 0 Å². The maximum absolute atomic E-state index is 2.37. The van der Waals surface area contributed by atoms with Crippen molar-refractivity contribution in [3.8, 4) is 22.3 Å². The Balaban J connectivity index is 1.34. The minimum Gasteiger partial charge on any atom is -0.0616 e. The highest BCUT2D eigenvalue weighted by molar-refractivity contribution is 6.12. The molecule has 0 unspecified atom stereocenters. The zero-order valence-corrected chi connectivity index (χ0v) is 20.9. The van der Waals surface area contributed by atoms with Crippen LogP contribution in [-0.4, -0.2) is 0 Å². The molecule has 0 bridgehead atoms. The summed E-state index contributed by atoms with van der Waals surface area (Å²) >= 11 is 0. The maximum Gasteiger partial charge on any atom is -0.00990 e. The van der Waals surface area contributed by atoms with Crippen molar-refractivity contribution in [1.82, 2.24) is 0 Å². The van der Waals surface area contributed by atoms with E-state index in [4.69, 9.17) is 0 Å². The van der Waals surface area contributed by atoms with Crippen molar-refractivity contribution in [1.29, 1.82) is 0 Å². The van der Waals surface area contributed by atoms with Gasteiger partial charge < -0.3 is 0 Å². The standard InChI is InChI=1S/C38H24/c1-2-9-28-21-31(19-15-25(28)7-1)34-13-5-10-29-23-38-30(22-37(29)34)11-6-14-35(38)32-20-18-27-17-16-26-8-3-4-12-33(26)36(27)24-32/h1-24H. The predicted molar refractivity (Wildman–Crippen MR) is 165 cm³/mol. The average Bonchev–Trinajstić information content (AvgIpc) is 2.99. The second-order valence-corrected chi connectivity index (χ2v) is 10.2. The lowest BCUT2D eigenvalue weighted by Gasteiger charge is -2.13. The summed E-state index contributed by atoms with van der Waals surface area (Å²) in [5, 5.41) is 12.8. The third-order valence-corrected chi connectivity index (χ3v) is 8.00. The number of hydrogen-bond acceptors (Lipinski definition) is 0. The zero-order chi connectivity index (χ0) is 25.1. The Morgan fingerprint density at radius 3 is 1.45 bits per heavy atom. The molecule has 0 heteroatoms. The van der Waals surface area contributed by atoms with Crippen LogP contribution in [0.25, 0.3) is 76.1 Å². The summed E-state index contributed by atoms with van der Waals surface area (Å²) in [6.07, 6.45) is 0. The monoisotopic (exact) mass is 480 g/mol. The SMILES string of the molecule is c1ccc2cc(-c3cccc4cc5c(-c6ccc7ccc8ccccc8c7c6)cccc5cc34)ccc2c1. The lowest BCUT2D eigenvalue weighted by molar-refractivity contribution is 1.68. The Labute approximate surface area is 221 Å². The van der Waals surface area contributed by atoms with E-state index < -0.39 is 0 Å². The van der Waals surface area contributed by atoms with Gasteiger partial charge in [-0.1, -0.05) is 121 Å². The van der Waals surface area contributed by atoms with Crippen LogP contribution in [0.5, 0.6) is 0 Å². The number of fused-ring (bicyclic) bond motifs is 6. The topological polar surface area (TPSA) is 0 Å². The second-order valence-electron chi connectivity index (χ2n) is 10.2. The van der Waals surface area contributed by atoms with E-state index >= 15 is 0 Å². The fraction of sp³-hybridized carbons (Fsp3) is 0. The summed E-state index contributed by atoms with van der Waals surface area (Å²) in [5.41, 5.74) is 5.06. The second kappa shape index (κ2) is 8.30. The molecule has 0 aromatic heterocycles.